The summed E-state index contributed by atoms with van der Waals surface area (Å²) in [5.74, 6) is 0. The summed E-state index contributed by atoms with van der Waals surface area (Å²) < 4.78 is 0. The van der Waals surface area contributed by atoms with Gasteiger partial charge in [0.2, 0.25) is 0 Å². The van der Waals surface area contributed by atoms with E-state index < -0.39 is 0 Å². The van der Waals surface area contributed by atoms with Crippen molar-refractivity contribution >= 4 is 7.92 Å². The first-order valence-corrected chi connectivity index (χ1v) is 8.38. The van der Waals surface area contributed by atoms with Crippen molar-refractivity contribution in [3.63, 3.8) is 0 Å². The lowest BCUT2D eigenvalue weighted by atomic mass is 10.4. The van der Waals surface area contributed by atoms with Crippen LogP contribution in [0.4, 0.5) is 0 Å². The Morgan fingerprint density at radius 2 is 1.75 bits per heavy atom. The van der Waals surface area contributed by atoms with Gasteiger partial charge in [0.25, 0.3) is 0 Å². The molecule has 16 heavy (non-hydrogen) atoms. The van der Waals surface area contributed by atoms with Gasteiger partial charge in [-0.3, -0.25) is 4.98 Å². The minimum Gasteiger partial charge on any atom is -0.261 e. The van der Waals surface area contributed by atoms with Gasteiger partial charge in [-0.15, -0.1) is 7.92 Å². The number of nitrogens with zero attached hydrogens (tertiary/aromatic N) is 1. The highest BCUT2D eigenvalue weighted by atomic mass is 31.1. The van der Waals surface area contributed by atoms with E-state index in [9.17, 15) is 0 Å². The van der Waals surface area contributed by atoms with Gasteiger partial charge in [-0.05, 0) is 37.3 Å². The molecule has 0 aliphatic carbocycles. The van der Waals surface area contributed by atoms with E-state index in [1.807, 2.05) is 12.3 Å². The Morgan fingerprint density at radius 3 is 2.25 bits per heavy atom. The van der Waals surface area contributed by atoms with Crippen molar-refractivity contribution in [2.45, 2.75) is 45.7 Å². The van der Waals surface area contributed by atoms with Crippen LogP contribution in [0.15, 0.2) is 24.4 Å². The molecule has 0 aromatic carbocycles. The average Bonchev–Trinajstić information content (AvgIpc) is 2.34. The summed E-state index contributed by atoms with van der Waals surface area (Å²) in [5.41, 5.74) is 1.29. The lowest BCUT2D eigenvalue weighted by Gasteiger charge is -2.16. The minimum absolute atomic E-state index is 0.189. The van der Waals surface area contributed by atoms with E-state index in [0.717, 1.165) is 0 Å². The van der Waals surface area contributed by atoms with Gasteiger partial charge in [0.05, 0.1) is 0 Å². The highest BCUT2D eigenvalue weighted by Gasteiger charge is 2.08. The summed E-state index contributed by atoms with van der Waals surface area (Å²) in [6.07, 6.45) is 11.5. The first-order valence-electron chi connectivity index (χ1n) is 6.49. The van der Waals surface area contributed by atoms with E-state index in [1.54, 1.807) is 0 Å². The summed E-state index contributed by atoms with van der Waals surface area (Å²) in [7, 11) is 0.189. The minimum atomic E-state index is 0.189. The summed E-state index contributed by atoms with van der Waals surface area (Å²) in [4.78, 5) is 4.45. The lowest BCUT2D eigenvalue weighted by Crippen LogP contribution is -1.96. The Kier molecular flexibility index (Phi) is 7.42. The molecule has 0 spiro atoms. The van der Waals surface area contributed by atoms with Crippen LogP contribution in [0.25, 0.3) is 0 Å². The molecule has 0 saturated carbocycles. The highest BCUT2D eigenvalue weighted by Crippen LogP contribution is 2.41. The van der Waals surface area contributed by atoms with Gasteiger partial charge in [0, 0.05) is 18.1 Å². The molecule has 0 amide bonds. The lowest BCUT2D eigenvalue weighted by molar-refractivity contribution is 0.864. The third-order valence-electron chi connectivity index (χ3n) is 2.77. The van der Waals surface area contributed by atoms with Crippen LogP contribution in [0.5, 0.6) is 0 Å². The van der Waals surface area contributed by atoms with Crippen molar-refractivity contribution in [3.8, 4) is 0 Å². The molecule has 0 aliphatic rings. The number of hydrogen-bond acceptors (Lipinski definition) is 1. The SMILES string of the molecule is CCCCP(CCCC)Cc1ccccn1. The first kappa shape index (κ1) is 13.6. The quantitative estimate of drug-likeness (QED) is 0.599. The van der Waals surface area contributed by atoms with Gasteiger partial charge in [0.1, 0.15) is 0 Å². The molecule has 1 aromatic heterocycles. The van der Waals surface area contributed by atoms with Crippen molar-refractivity contribution in [2.75, 3.05) is 12.3 Å². The van der Waals surface area contributed by atoms with Gasteiger partial charge in [-0.1, -0.05) is 32.8 Å². The second-order valence-electron chi connectivity index (χ2n) is 4.30. The Morgan fingerprint density at radius 1 is 1.06 bits per heavy atom. The van der Waals surface area contributed by atoms with Gasteiger partial charge in [-0.2, -0.15) is 0 Å². The van der Waals surface area contributed by atoms with E-state index in [2.05, 4.69) is 31.0 Å². The Bertz CT molecular complexity index is 253. The zero-order chi connectivity index (χ0) is 11.6. The zero-order valence-electron chi connectivity index (χ0n) is 10.7. The molecule has 0 aliphatic heterocycles. The maximum absolute atomic E-state index is 4.45. The van der Waals surface area contributed by atoms with E-state index in [0.29, 0.717) is 0 Å². The van der Waals surface area contributed by atoms with Crippen LogP contribution in [0.2, 0.25) is 0 Å². The molecule has 0 radical (unpaired) electrons. The number of aromatic nitrogens is 1. The molecule has 1 heterocycles. The Labute approximate surface area is 101 Å². The number of hydrogen-bond donors (Lipinski definition) is 0. The first-order chi connectivity index (χ1) is 7.86. The third-order valence-corrected chi connectivity index (χ3v) is 5.44. The molecule has 0 bridgehead atoms. The predicted molar refractivity (Wildman–Crippen MR) is 74.4 cm³/mol. The summed E-state index contributed by atoms with van der Waals surface area (Å²) in [6, 6.07) is 6.28. The number of unbranched alkanes of at least 4 members (excludes halogenated alkanes) is 2. The average molecular weight is 237 g/mol. The van der Waals surface area contributed by atoms with Crippen molar-refractivity contribution in [1.29, 1.82) is 0 Å². The molecule has 0 N–H and O–H groups in total. The van der Waals surface area contributed by atoms with E-state index in [4.69, 9.17) is 0 Å². The fourth-order valence-electron chi connectivity index (χ4n) is 1.75. The molecule has 1 aromatic rings. The second kappa shape index (κ2) is 8.70. The van der Waals surface area contributed by atoms with Crippen LogP contribution in [0, 0.1) is 0 Å². The maximum atomic E-state index is 4.45. The molecular formula is C14H24NP. The van der Waals surface area contributed by atoms with Gasteiger partial charge in [0.15, 0.2) is 0 Å². The fraction of sp³-hybridized carbons (Fsp3) is 0.643. The number of rotatable bonds is 8. The monoisotopic (exact) mass is 237 g/mol. The van der Waals surface area contributed by atoms with Gasteiger partial charge >= 0.3 is 0 Å². The predicted octanol–water partition coefficient (Wildman–Crippen LogP) is 4.66. The van der Waals surface area contributed by atoms with Crippen LogP contribution >= 0.6 is 7.92 Å². The van der Waals surface area contributed by atoms with E-state index in [-0.39, 0.29) is 7.92 Å². The Hall–Kier alpha value is -0.420. The van der Waals surface area contributed by atoms with Crippen molar-refractivity contribution in [1.82, 2.24) is 4.98 Å². The molecular weight excluding hydrogens is 213 g/mol. The van der Waals surface area contributed by atoms with Crippen molar-refractivity contribution in [3.05, 3.63) is 30.1 Å². The van der Waals surface area contributed by atoms with Crippen LogP contribution in [0.1, 0.15) is 45.2 Å². The topological polar surface area (TPSA) is 12.9 Å². The molecule has 1 rings (SSSR count). The smallest absolute Gasteiger partial charge is 0.0446 e. The molecule has 2 heteroatoms. The van der Waals surface area contributed by atoms with Crippen LogP contribution in [-0.2, 0) is 6.16 Å². The summed E-state index contributed by atoms with van der Waals surface area (Å²) in [6.45, 7) is 4.57. The maximum Gasteiger partial charge on any atom is 0.0446 e. The number of pyridine rings is 1. The highest BCUT2D eigenvalue weighted by molar-refractivity contribution is 7.56. The van der Waals surface area contributed by atoms with Gasteiger partial charge in [-0.25, -0.2) is 0 Å². The van der Waals surface area contributed by atoms with E-state index in [1.165, 1.54) is 49.9 Å². The molecule has 1 nitrogen and oxygen atoms in total. The Balaban J connectivity index is 2.42. The van der Waals surface area contributed by atoms with Gasteiger partial charge < -0.3 is 0 Å². The molecule has 0 unspecified atom stereocenters. The van der Waals surface area contributed by atoms with Crippen LogP contribution in [-0.4, -0.2) is 17.3 Å². The van der Waals surface area contributed by atoms with Crippen molar-refractivity contribution < 1.29 is 0 Å². The standard InChI is InChI=1S/C14H24NP/c1-3-5-11-16(12-6-4-2)13-14-9-7-8-10-15-14/h7-10H,3-6,11-13H2,1-2H3. The molecule has 0 fully saturated rings. The zero-order valence-corrected chi connectivity index (χ0v) is 11.5. The molecule has 0 atom stereocenters. The molecule has 90 valence electrons. The normalized spacial score (nSPS) is 10.9. The van der Waals surface area contributed by atoms with Crippen LogP contribution < -0.4 is 0 Å². The largest absolute Gasteiger partial charge is 0.261 e. The third kappa shape index (κ3) is 5.61. The van der Waals surface area contributed by atoms with Crippen molar-refractivity contribution in [2.24, 2.45) is 0 Å². The summed E-state index contributed by atoms with van der Waals surface area (Å²) in [5, 5.41) is 0. The fourth-order valence-corrected chi connectivity index (χ4v) is 4.47. The summed E-state index contributed by atoms with van der Waals surface area (Å²) >= 11 is 0. The second-order valence-corrected chi connectivity index (χ2v) is 6.86. The van der Waals surface area contributed by atoms with E-state index >= 15 is 0 Å². The molecule has 0 saturated heterocycles. The van der Waals surface area contributed by atoms with Crippen LogP contribution in [0.3, 0.4) is 0 Å².